The second-order valence-corrected chi connectivity index (χ2v) is 12.0. The van der Waals surface area contributed by atoms with E-state index in [0.717, 1.165) is 36.1 Å². The van der Waals surface area contributed by atoms with Crippen LogP contribution >= 0.6 is 0 Å². The molecule has 1 aromatic carbocycles. The summed E-state index contributed by atoms with van der Waals surface area (Å²) in [6, 6.07) is 4.12. The zero-order valence-electron chi connectivity index (χ0n) is 19.7. The van der Waals surface area contributed by atoms with E-state index in [1.165, 1.54) is 31.3 Å². The zero-order valence-corrected chi connectivity index (χ0v) is 20.5. The van der Waals surface area contributed by atoms with Crippen molar-refractivity contribution in [2.75, 3.05) is 12.0 Å². The number of unbranched alkanes of at least 4 members (excludes halogenated alkanes) is 3. The molecule has 0 spiro atoms. The highest BCUT2D eigenvalue weighted by Crippen LogP contribution is 2.53. The second-order valence-electron chi connectivity index (χ2n) is 10.5. The van der Waals surface area contributed by atoms with Gasteiger partial charge in [-0.1, -0.05) is 52.5 Å². The minimum Gasteiger partial charge on any atom is -0.507 e. The quantitative estimate of drug-likeness (QED) is 0.471. The molecule has 0 bridgehead atoms. The molecule has 1 aliphatic carbocycles. The van der Waals surface area contributed by atoms with E-state index in [1.807, 2.05) is 6.07 Å². The SMILES string of the molecule is CCCCCCC(C)(C)c1cc(O)c2c(c1)OC(C)(C)C1CCC(CS(C)=O)C=C21. The Bertz CT molecular complexity index is 822. The lowest BCUT2D eigenvalue weighted by molar-refractivity contribution is 0.0510. The maximum Gasteiger partial charge on any atom is 0.131 e. The standard InChI is InChI=1S/C26H40O3S/c1-7-8-9-10-13-25(2,3)19-15-22(27)24-20-14-18(17-30(6)28)11-12-21(20)26(4,5)29-23(24)16-19/h14-16,18,21,27H,7-13,17H2,1-6H3. The lowest BCUT2D eigenvalue weighted by Crippen LogP contribution is -2.43. The van der Waals surface area contributed by atoms with Crippen LogP contribution < -0.4 is 4.74 Å². The maximum absolute atomic E-state index is 11.8. The van der Waals surface area contributed by atoms with Crippen LogP contribution in [0.3, 0.4) is 0 Å². The summed E-state index contributed by atoms with van der Waals surface area (Å²) in [5.74, 6) is 2.38. The highest BCUT2D eigenvalue weighted by molar-refractivity contribution is 7.84. The van der Waals surface area contributed by atoms with Crippen LogP contribution in [0.2, 0.25) is 0 Å². The highest BCUT2D eigenvalue weighted by atomic mass is 32.2. The van der Waals surface area contributed by atoms with Crippen LogP contribution in [0.25, 0.3) is 5.57 Å². The third kappa shape index (κ3) is 4.95. The molecule has 2 aliphatic rings. The number of rotatable bonds is 8. The summed E-state index contributed by atoms with van der Waals surface area (Å²) in [6.45, 7) is 11.1. The van der Waals surface area contributed by atoms with Crippen molar-refractivity contribution in [3.63, 3.8) is 0 Å². The number of hydrogen-bond donors (Lipinski definition) is 1. The number of phenols is 1. The number of fused-ring (bicyclic) bond motifs is 3. The van der Waals surface area contributed by atoms with Crippen molar-refractivity contribution in [3.05, 3.63) is 29.3 Å². The van der Waals surface area contributed by atoms with Crippen molar-refractivity contribution >= 4 is 16.4 Å². The number of ether oxygens (including phenoxy) is 1. The molecule has 4 heteroatoms. The average molecular weight is 433 g/mol. The lowest BCUT2D eigenvalue weighted by atomic mass is 9.70. The van der Waals surface area contributed by atoms with Crippen LogP contribution in [0, 0.1) is 11.8 Å². The van der Waals surface area contributed by atoms with Gasteiger partial charge in [0.25, 0.3) is 0 Å². The van der Waals surface area contributed by atoms with Gasteiger partial charge in [0.15, 0.2) is 0 Å². The molecule has 3 unspecified atom stereocenters. The Labute approximate surface area is 185 Å². The lowest BCUT2D eigenvalue weighted by Gasteiger charge is -2.45. The maximum atomic E-state index is 11.8. The minimum atomic E-state index is -0.816. The van der Waals surface area contributed by atoms with Gasteiger partial charge in [0, 0.05) is 28.7 Å². The van der Waals surface area contributed by atoms with E-state index in [1.54, 1.807) is 6.26 Å². The van der Waals surface area contributed by atoms with Gasteiger partial charge in [-0.05, 0) is 67.7 Å². The summed E-state index contributed by atoms with van der Waals surface area (Å²) < 4.78 is 18.3. The Morgan fingerprint density at radius 3 is 2.60 bits per heavy atom. The molecule has 0 saturated heterocycles. The zero-order chi connectivity index (χ0) is 22.1. The normalized spacial score (nSPS) is 23.7. The molecular weight excluding hydrogens is 392 g/mol. The molecule has 0 radical (unpaired) electrons. The highest BCUT2D eigenvalue weighted by Gasteiger charge is 2.44. The first kappa shape index (κ1) is 23.4. The molecule has 0 saturated carbocycles. The first-order valence-electron chi connectivity index (χ1n) is 11.6. The van der Waals surface area contributed by atoms with Gasteiger partial charge in [0.1, 0.15) is 17.1 Å². The van der Waals surface area contributed by atoms with Crippen LogP contribution in [0.5, 0.6) is 11.5 Å². The van der Waals surface area contributed by atoms with Crippen molar-refractivity contribution in [3.8, 4) is 11.5 Å². The summed E-state index contributed by atoms with van der Waals surface area (Å²) in [5, 5.41) is 11.1. The summed E-state index contributed by atoms with van der Waals surface area (Å²) in [5.41, 5.74) is 2.87. The number of benzene rings is 1. The van der Waals surface area contributed by atoms with E-state index in [-0.39, 0.29) is 16.9 Å². The Morgan fingerprint density at radius 2 is 1.93 bits per heavy atom. The van der Waals surface area contributed by atoms with E-state index in [2.05, 4.69) is 46.8 Å². The summed E-state index contributed by atoms with van der Waals surface area (Å²) in [7, 11) is -0.816. The molecule has 0 aromatic heterocycles. The number of allylic oxidation sites excluding steroid dienone is 1. The molecule has 1 aromatic rings. The smallest absolute Gasteiger partial charge is 0.131 e. The molecular formula is C26H40O3S. The first-order chi connectivity index (χ1) is 14.0. The summed E-state index contributed by atoms with van der Waals surface area (Å²) >= 11 is 0. The van der Waals surface area contributed by atoms with Gasteiger partial charge < -0.3 is 9.84 Å². The Hall–Kier alpha value is -1.29. The molecule has 30 heavy (non-hydrogen) atoms. The fourth-order valence-corrected chi connectivity index (χ4v) is 6.12. The van der Waals surface area contributed by atoms with E-state index < -0.39 is 10.8 Å². The van der Waals surface area contributed by atoms with Crippen LogP contribution in [-0.2, 0) is 16.2 Å². The Kier molecular flexibility index (Phi) is 7.06. The predicted molar refractivity (Wildman–Crippen MR) is 128 cm³/mol. The van der Waals surface area contributed by atoms with E-state index >= 15 is 0 Å². The van der Waals surface area contributed by atoms with E-state index in [0.29, 0.717) is 17.4 Å². The van der Waals surface area contributed by atoms with Gasteiger partial charge in [-0.3, -0.25) is 4.21 Å². The average Bonchev–Trinajstić information content (AvgIpc) is 2.63. The van der Waals surface area contributed by atoms with Crippen molar-refractivity contribution in [1.82, 2.24) is 0 Å². The van der Waals surface area contributed by atoms with Crippen LogP contribution in [0.1, 0.15) is 90.7 Å². The molecule has 3 rings (SSSR count). The van der Waals surface area contributed by atoms with Crippen LogP contribution in [0.4, 0.5) is 0 Å². The summed E-state index contributed by atoms with van der Waals surface area (Å²) in [4.78, 5) is 0. The number of phenolic OH excluding ortho intramolecular Hbond substituents is 1. The fraction of sp³-hybridized carbons (Fsp3) is 0.692. The predicted octanol–water partition coefficient (Wildman–Crippen LogP) is 6.60. The van der Waals surface area contributed by atoms with Crippen LogP contribution in [0.15, 0.2) is 18.2 Å². The molecule has 1 aliphatic heterocycles. The van der Waals surface area contributed by atoms with Gasteiger partial charge in [0.2, 0.25) is 0 Å². The Balaban J connectivity index is 1.97. The van der Waals surface area contributed by atoms with Gasteiger partial charge in [-0.2, -0.15) is 0 Å². The third-order valence-electron chi connectivity index (χ3n) is 7.08. The minimum absolute atomic E-state index is 0.00675. The van der Waals surface area contributed by atoms with Gasteiger partial charge in [-0.15, -0.1) is 0 Å². The largest absolute Gasteiger partial charge is 0.507 e. The number of hydrogen-bond acceptors (Lipinski definition) is 3. The van der Waals surface area contributed by atoms with Crippen molar-refractivity contribution in [1.29, 1.82) is 0 Å². The van der Waals surface area contributed by atoms with Gasteiger partial charge in [-0.25, -0.2) is 0 Å². The molecule has 0 amide bonds. The Morgan fingerprint density at radius 1 is 1.20 bits per heavy atom. The molecule has 3 atom stereocenters. The van der Waals surface area contributed by atoms with E-state index in [9.17, 15) is 9.32 Å². The van der Waals surface area contributed by atoms with Crippen molar-refractivity contribution in [2.24, 2.45) is 11.8 Å². The summed E-state index contributed by atoms with van der Waals surface area (Å²) in [6.07, 6.45) is 12.2. The fourth-order valence-electron chi connectivity index (χ4n) is 5.26. The second kappa shape index (κ2) is 9.06. The number of aromatic hydroxyl groups is 1. The monoisotopic (exact) mass is 432 g/mol. The third-order valence-corrected chi connectivity index (χ3v) is 7.98. The molecule has 0 fully saturated rings. The molecule has 3 nitrogen and oxygen atoms in total. The first-order valence-corrected chi connectivity index (χ1v) is 13.4. The van der Waals surface area contributed by atoms with Crippen molar-refractivity contribution in [2.45, 2.75) is 90.6 Å². The van der Waals surface area contributed by atoms with E-state index in [4.69, 9.17) is 4.74 Å². The van der Waals surface area contributed by atoms with Gasteiger partial charge in [0.05, 0.1) is 5.56 Å². The molecule has 168 valence electrons. The van der Waals surface area contributed by atoms with Gasteiger partial charge >= 0.3 is 0 Å². The molecule has 1 heterocycles. The molecule has 1 N–H and O–H groups in total. The van der Waals surface area contributed by atoms with Crippen molar-refractivity contribution < 1.29 is 14.1 Å². The topological polar surface area (TPSA) is 46.5 Å². The van der Waals surface area contributed by atoms with Crippen LogP contribution in [-0.4, -0.2) is 26.9 Å².